The van der Waals surface area contributed by atoms with Gasteiger partial charge in [0.1, 0.15) is 11.9 Å². The summed E-state index contributed by atoms with van der Waals surface area (Å²) in [7, 11) is 1.61. The highest BCUT2D eigenvalue weighted by Gasteiger charge is 2.30. The number of unbranched alkanes of at least 4 members (excludes halogenated alkanes) is 1. The SMILES string of the molecule is COc1ccc2nccc(C(F)CC[C@@H]3CCN(CCCCc4cn[nH]c4C)C[C@@H]3CCC(=O)O)c2c1. The molecule has 1 saturated heterocycles. The number of fused-ring (bicyclic) bond motifs is 1. The lowest BCUT2D eigenvalue weighted by molar-refractivity contribution is -0.137. The zero-order valence-corrected chi connectivity index (χ0v) is 22.0. The molecule has 2 N–H and O–H groups in total. The molecular weight excluding hydrogens is 471 g/mol. The van der Waals surface area contributed by atoms with Gasteiger partial charge in [-0.1, -0.05) is 0 Å². The van der Waals surface area contributed by atoms with Crippen molar-refractivity contribution in [2.75, 3.05) is 26.7 Å². The van der Waals surface area contributed by atoms with Crippen molar-refractivity contribution in [3.63, 3.8) is 0 Å². The highest BCUT2D eigenvalue weighted by molar-refractivity contribution is 5.83. The summed E-state index contributed by atoms with van der Waals surface area (Å²) in [6, 6.07) is 7.32. The molecule has 4 rings (SSSR count). The van der Waals surface area contributed by atoms with Crippen LogP contribution in [-0.4, -0.2) is 57.9 Å². The number of nitrogens with zero attached hydrogens (tertiary/aromatic N) is 3. The van der Waals surface area contributed by atoms with E-state index in [1.807, 2.05) is 24.4 Å². The first-order chi connectivity index (χ1) is 17.9. The van der Waals surface area contributed by atoms with Gasteiger partial charge in [0.2, 0.25) is 0 Å². The molecule has 3 aromatic rings. The Bertz CT molecular complexity index is 1170. The van der Waals surface area contributed by atoms with Gasteiger partial charge in [-0.05, 0) is 112 Å². The third kappa shape index (κ3) is 7.28. The van der Waals surface area contributed by atoms with Crippen molar-refractivity contribution in [3.8, 4) is 5.75 Å². The van der Waals surface area contributed by atoms with E-state index >= 15 is 4.39 Å². The van der Waals surface area contributed by atoms with Gasteiger partial charge < -0.3 is 14.7 Å². The molecule has 0 saturated carbocycles. The van der Waals surface area contributed by atoms with Gasteiger partial charge in [0, 0.05) is 30.2 Å². The van der Waals surface area contributed by atoms with Crippen LogP contribution >= 0.6 is 0 Å². The third-order valence-corrected chi connectivity index (χ3v) is 7.92. The van der Waals surface area contributed by atoms with E-state index in [2.05, 4.69) is 27.0 Å². The Kier molecular flexibility index (Phi) is 9.50. The van der Waals surface area contributed by atoms with E-state index in [1.165, 1.54) is 5.56 Å². The summed E-state index contributed by atoms with van der Waals surface area (Å²) in [6.07, 6.45) is 8.70. The van der Waals surface area contributed by atoms with Crippen LogP contribution in [0.25, 0.3) is 10.9 Å². The maximum atomic E-state index is 15.5. The number of methoxy groups -OCH3 is 1. The number of likely N-dealkylation sites (tertiary alicyclic amines) is 1. The minimum atomic E-state index is -1.10. The second-order valence-electron chi connectivity index (χ2n) is 10.3. The molecular formula is C29H39FN4O3. The van der Waals surface area contributed by atoms with E-state index in [-0.39, 0.29) is 12.3 Å². The van der Waals surface area contributed by atoms with Gasteiger partial charge in [0.25, 0.3) is 0 Å². The van der Waals surface area contributed by atoms with Gasteiger partial charge in [-0.15, -0.1) is 0 Å². The molecule has 37 heavy (non-hydrogen) atoms. The smallest absolute Gasteiger partial charge is 0.303 e. The number of piperidine rings is 1. The number of H-pyrrole nitrogens is 1. The van der Waals surface area contributed by atoms with Crippen molar-refractivity contribution >= 4 is 16.9 Å². The average molecular weight is 511 g/mol. The van der Waals surface area contributed by atoms with E-state index in [0.717, 1.165) is 68.3 Å². The van der Waals surface area contributed by atoms with Gasteiger partial charge in [-0.2, -0.15) is 5.10 Å². The number of benzene rings is 1. The third-order valence-electron chi connectivity index (χ3n) is 7.92. The van der Waals surface area contributed by atoms with Gasteiger partial charge >= 0.3 is 5.97 Å². The zero-order chi connectivity index (χ0) is 26.2. The maximum absolute atomic E-state index is 15.5. The molecule has 200 valence electrons. The van der Waals surface area contributed by atoms with E-state index < -0.39 is 12.1 Å². The van der Waals surface area contributed by atoms with Crippen molar-refractivity contribution in [2.24, 2.45) is 11.8 Å². The lowest BCUT2D eigenvalue weighted by atomic mass is 9.79. The summed E-state index contributed by atoms with van der Waals surface area (Å²) < 4.78 is 20.9. The van der Waals surface area contributed by atoms with E-state index in [9.17, 15) is 9.90 Å². The molecule has 0 radical (unpaired) electrons. The zero-order valence-electron chi connectivity index (χ0n) is 22.0. The van der Waals surface area contributed by atoms with Crippen LogP contribution in [0.5, 0.6) is 5.75 Å². The van der Waals surface area contributed by atoms with E-state index in [1.54, 1.807) is 19.4 Å². The predicted molar refractivity (Wildman–Crippen MR) is 143 cm³/mol. The number of pyridine rings is 1. The summed E-state index contributed by atoms with van der Waals surface area (Å²) in [5.74, 6) is 0.550. The molecule has 1 aromatic carbocycles. The highest BCUT2D eigenvalue weighted by atomic mass is 19.1. The van der Waals surface area contributed by atoms with Crippen LogP contribution in [0.4, 0.5) is 4.39 Å². The number of aliphatic carboxylic acids is 1. The standard InChI is InChI=1S/C29H39FN4O3/c1-20-22(18-32-33-20)5-3-4-15-34-16-13-21(23(19-34)7-11-29(35)36)6-9-27(30)25-12-14-31-28-10-8-24(37-2)17-26(25)28/h8,10,12,14,17-18,21,23,27H,3-7,9,11,13,15-16,19H2,1-2H3,(H,32,33)(H,35,36)/t21-,23+,27?/m1/s1. The topological polar surface area (TPSA) is 91.3 Å². The summed E-state index contributed by atoms with van der Waals surface area (Å²) in [6.45, 7) is 4.96. The first kappa shape index (κ1) is 27.0. The van der Waals surface area contributed by atoms with Crippen LogP contribution in [0.1, 0.15) is 67.9 Å². The van der Waals surface area contributed by atoms with Crippen molar-refractivity contribution in [2.45, 2.75) is 64.5 Å². The number of aromatic nitrogens is 3. The summed E-state index contributed by atoms with van der Waals surface area (Å²) in [4.78, 5) is 18.2. The average Bonchev–Trinajstić information content (AvgIpc) is 3.32. The molecule has 1 unspecified atom stereocenters. The second-order valence-corrected chi connectivity index (χ2v) is 10.3. The molecule has 3 heterocycles. The second kappa shape index (κ2) is 13.0. The largest absolute Gasteiger partial charge is 0.497 e. The maximum Gasteiger partial charge on any atom is 0.303 e. The Morgan fingerprint density at radius 1 is 1.27 bits per heavy atom. The number of aromatic amines is 1. The molecule has 1 aliphatic rings. The van der Waals surface area contributed by atoms with Crippen LogP contribution < -0.4 is 4.74 Å². The van der Waals surface area contributed by atoms with Gasteiger partial charge in [0.05, 0.1) is 18.8 Å². The molecule has 0 bridgehead atoms. The molecule has 7 nitrogen and oxygen atoms in total. The Morgan fingerprint density at radius 3 is 2.89 bits per heavy atom. The first-order valence-corrected chi connectivity index (χ1v) is 13.4. The number of rotatable bonds is 13. The molecule has 0 amide bonds. The lowest BCUT2D eigenvalue weighted by Crippen LogP contribution is -2.41. The number of nitrogens with one attached hydrogen (secondary N) is 1. The quantitative estimate of drug-likeness (QED) is 0.279. The Hall–Kier alpha value is -3.00. The number of carbonyl (C=O) groups is 1. The number of hydrogen-bond acceptors (Lipinski definition) is 5. The Balaban J connectivity index is 1.32. The van der Waals surface area contributed by atoms with E-state index in [0.29, 0.717) is 30.1 Å². The number of hydrogen-bond donors (Lipinski definition) is 2. The van der Waals surface area contributed by atoms with Crippen molar-refractivity contribution < 1.29 is 19.0 Å². The molecule has 0 aliphatic carbocycles. The molecule has 3 atom stereocenters. The Morgan fingerprint density at radius 2 is 2.14 bits per heavy atom. The number of carboxylic acids is 1. The summed E-state index contributed by atoms with van der Waals surface area (Å²) >= 11 is 0. The van der Waals surface area contributed by atoms with Gasteiger partial charge in [0.15, 0.2) is 0 Å². The van der Waals surface area contributed by atoms with Crippen molar-refractivity contribution in [1.82, 2.24) is 20.1 Å². The molecule has 1 aliphatic heterocycles. The van der Waals surface area contributed by atoms with E-state index in [4.69, 9.17) is 4.74 Å². The van der Waals surface area contributed by atoms with Crippen LogP contribution in [0, 0.1) is 18.8 Å². The molecule has 8 heteroatoms. The van der Waals surface area contributed by atoms with Crippen molar-refractivity contribution in [3.05, 3.63) is 53.5 Å². The predicted octanol–water partition coefficient (Wildman–Crippen LogP) is 5.89. The number of aryl methyl sites for hydroxylation is 2. The van der Waals surface area contributed by atoms with Gasteiger partial charge in [-0.3, -0.25) is 14.9 Å². The minimum Gasteiger partial charge on any atom is -0.497 e. The van der Waals surface area contributed by atoms with Gasteiger partial charge in [-0.25, -0.2) is 4.39 Å². The number of carboxylic acid groups (broad SMARTS) is 1. The van der Waals surface area contributed by atoms with Crippen LogP contribution in [0.3, 0.4) is 0 Å². The first-order valence-electron chi connectivity index (χ1n) is 13.4. The van der Waals surface area contributed by atoms with Crippen molar-refractivity contribution in [1.29, 1.82) is 0 Å². The van der Waals surface area contributed by atoms with Crippen LogP contribution in [0.15, 0.2) is 36.7 Å². The van der Waals surface area contributed by atoms with Crippen LogP contribution in [0.2, 0.25) is 0 Å². The monoisotopic (exact) mass is 510 g/mol. The molecule has 0 spiro atoms. The molecule has 2 aromatic heterocycles. The number of halogens is 1. The lowest BCUT2D eigenvalue weighted by Gasteiger charge is -2.39. The summed E-state index contributed by atoms with van der Waals surface area (Å²) in [5.41, 5.74) is 3.83. The number of alkyl halides is 1. The number of ether oxygens (including phenoxy) is 1. The minimum absolute atomic E-state index is 0.169. The fourth-order valence-corrected chi connectivity index (χ4v) is 5.72. The Labute approximate surface area is 218 Å². The fourth-order valence-electron chi connectivity index (χ4n) is 5.72. The fraction of sp³-hybridized carbons (Fsp3) is 0.552. The summed E-state index contributed by atoms with van der Waals surface area (Å²) in [5, 5.41) is 17.2. The molecule has 1 fully saturated rings. The highest BCUT2D eigenvalue weighted by Crippen LogP contribution is 2.36. The van der Waals surface area contributed by atoms with Crippen LogP contribution in [-0.2, 0) is 11.2 Å². The normalized spacial score (nSPS) is 19.2.